The lowest BCUT2D eigenvalue weighted by Crippen LogP contribution is -2.34. The second-order valence-corrected chi connectivity index (χ2v) is 6.78. The van der Waals surface area contributed by atoms with Crippen LogP contribution in [0.4, 0.5) is 18.9 Å². The molecule has 0 saturated heterocycles. The lowest BCUT2D eigenvalue weighted by molar-refractivity contribution is -0.274. The van der Waals surface area contributed by atoms with Crippen molar-refractivity contribution in [3.05, 3.63) is 52.4 Å². The summed E-state index contributed by atoms with van der Waals surface area (Å²) in [6.45, 7) is -0.0852. The second kappa shape index (κ2) is 7.64. The molecule has 28 heavy (non-hydrogen) atoms. The Balaban J connectivity index is 1.97. The number of amides is 2. The van der Waals surface area contributed by atoms with E-state index in [9.17, 15) is 27.9 Å². The SMILES string of the molecule is CN(CCO)C1=C(c2cccs2)C(=O)N(c2ccc(OC(F)(F)F)cc2)C1=O. The van der Waals surface area contributed by atoms with E-state index in [2.05, 4.69) is 4.74 Å². The third-order valence-electron chi connectivity index (χ3n) is 3.97. The van der Waals surface area contributed by atoms with Crippen LogP contribution in [0.5, 0.6) is 5.75 Å². The van der Waals surface area contributed by atoms with E-state index in [0.717, 1.165) is 17.0 Å². The van der Waals surface area contributed by atoms with Crippen molar-refractivity contribution in [3.63, 3.8) is 0 Å². The van der Waals surface area contributed by atoms with Gasteiger partial charge in [0.15, 0.2) is 0 Å². The van der Waals surface area contributed by atoms with E-state index in [1.54, 1.807) is 24.6 Å². The maximum absolute atomic E-state index is 13.0. The van der Waals surface area contributed by atoms with E-state index in [1.807, 2.05) is 0 Å². The number of aliphatic hydroxyl groups is 1. The number of carbonyl (C=O) groups is 2. The molecule has 1 aliphatic heterocycles. The summed E-state index contributed by atoms with van der Waals surface area (Å²) in [7, 11) is 1.58. The number of aliphatic hydroxyl groups excluding tert-OH is 1. The van der Waals surface area contributed by atoms with Gasteiger partial charge in [0.05, 0.1) is 17.9 Å². The molecule has 1 aromatic heterocycles. The molecule has 1 aliphatic rings. The molecule has 148 valence electrons. The van der Waals surface area contributed by atoms with Crippen LogP contribution in [0.1, 0.15) is 4.88 Å². The van der Waals surface area contributed by atoms with Crippen LogP contribution >= 0.6 is 11.3 Å². The fourth-order valence-electron chi connectivity index (χ4n) is 2.81. The first-order chi connectivity index (χ1) is 13.2. The molecule has 0 radical (unpaired) electrons. The Kier molecular flexibility index (Phi) is 5.43. The minimum Gasteiger partial charge on any atom is -0.406 e. The Morgan fingerprint density at radius 1 is 1.14 bits per heavy atom. The summed E-state index contributed by atoms with van der Waals surface area (Å²) in [5.74, 6) is -1.66. The van der Waals surface area contributed by atoms with Crippen molar-refractivity contribution in [3.8, 4) is 5.75 Å². The maximum atomic E-state index is 13.0. The van der Waals surface area contributed by atoms with Gasteiger partial charge in [0.2, 0.25) is 0 Å². The Bertz CT molecular complexity index is 908. The first-order valence-corrected chi connectivity index (χ1v) is 8.95. The van der Waals surface area contributed by atoms with Crippen LogP contribution < -0.4 is 9.64 Å². The average Bonchev–Trinajstić information content (AvgIpc) is 3.21. The summed E-state index contributed by atoms with van der Waals surface area (Å²) >= 11 is 1.28. The van der Waals surface area contributed by atoms with Crippen LogP contribution in [0, 0.1) is 0 Å². The molecule has 0 saturated carbocycles. The molecule has 0 bridgehead atoms. The van der Waals surface area contributed by atoms with E-state index in [0.29, 0.717) is 4.88 Å². The minimum atomic E-state index is -4.84. The first kappa shape index (κ1) is 19.9. The Labute approximate surface area is 162 Å². The number of likely N-dealkylation sites (N-methyl/N-ethyl adjacent to an activating group) is 1. The molecule has 0 atom stereocenters. The van der Waals surface area contributed by atoms with Crippen molar-refractivity contribution in [1.29, 1.82) is 0 Å². The summed E-state index contributed by atoms with van der Waals surface area (Å²) in [4.78, 5) is 28.9. The van der Waals surface area contributed by atoms with Gasteiger partial charge in [-0.25, -0.2) is 4.90 Å². The largest absolute Gasteiger partial charge is 0.573 e. The van der Waals surface area contributed by atoms with Crippen LogP contribution in [0.2, 0.25) is 0 Å². The molecule has 0 unspecified atom stereocenters. The Morgan fingerprint density at radius 3 is 2.36 bits per heavy atom. The zero-order chi connectivity index (χ0) is 20.5. The molecular formula is C18H15F3N2O4S. The molecule has 6 nitrogen and oxygen atoms in total. The monoisotopic (exact) mass is 412 g/mol. The van der Waals surface area contributed by atoms with E-state index in [4.69, 9.17) is 0 Å². The van der Waals surface area contributed by atoms with Crippen molar-refractivity contribution in [2.75, 3.05) is 25.1 Å². The van der Waals surface area contributed by atoms with Gasteiger partial charge in [0.1, 0.15) is 11.4 Å². The van der Waals surface area contributed by atoms with Gasteiger partial charge in [-0.15, -0.1) is 24.5 Å². The van der Waals surface area contributed by atoms with Gasteiger partial charge < -0.3 is 14.7 Å². The summed E-state index contributed by atoms with van der Waals surface area (Å²) in [5, 5.41) is 11.0. The minimum absolute atomic E-state index is 0.117. The number of imide groups is 1. The quantitative estimate of drug-likeness (QED) is 0.739. The summed E-state index contributed by atoms with van der Waals surface area (Å²) in [6.07, 6.45) is -4.84. The number of anilines is 1. The zero-order valence-electron chi connectivity index (χ0n) is 14.6. The van der Waals surface area contributed by atoms with Gasteiger partial charge in [0, 0.05) is 18.5 Å². The Morgan fingerprint density at radius 2 is 1.82 bits per heavy atom. The molecular weight excluding hydrogens is 397 g/mol. The maximum Gasteiger partial charge on any atom is 0.573 e. The number of carbonyl (C=O) groups excluding carboxylic acids is 2. The van der Waals surface area contributed by atoms with Crippen LogP contribution in [0.3, 0.4) is 0 Å². The van der Waals surface area contributed by atoms with Gasteiger partial charge >= 0.3 is 6.36 Å². The molecule has 10 heteroatoms. The number of halogens is 3. The number of ether oxygens (including phenoxy) is 1. The van der Waals surface area contributed by atoms with Crippen LogP contribution in [-0.2, 0) is 9.59 Å². The number of rotatable bonds is 6. The van der Waals surface area contributed by atoms with E-state index >= 15 is 0 Å². The predicted octanol–water partition coefficient (Wildman–Crippen LogP) is 2.86. The number of benzene rings is 1. The highest BCUT2D eigenvalue weighted by Crippen LogP contribution is 2.36. The van der Waals surface area contributed by atoms with Crippen molar-refractivity contribution in [2.45, 2.75) is 6.36 Å². The standard InChI is InChI=1S/C18H15F3N2O4S/c1-22(8-9-24)15-14(13-3-2-10-28-13)16(25)23(17(15)26)11-4-6-12(7-5-11)27-18(19,20)21/h2-7,10,24H,8-9H2,1H3. The van der Waals surface area contributed by atoms with Gasteiger partial charge in [-0.1, -0.05) is 6.07 Å². The van der Waals surface area contributed by atoms with E-state index in [-0.39, 0.29) is 30.1 Å². The van der Waals surface area contributed by atoms with Crippen molar-refractivity contribution < 1.29 is 32.6 Å². The number of hydrogen-bond acceptors (Lipinski definition) is 6. The zero-order valence-corrected chi connectivity index (χ0v) is 15.4. The third-order valence-corrected chi connectivity index (χ3v) is 4.86. The van der Waals surface area contributed by atoms with Gasteiger partial charge in [-0.2, -0.15) is 0 Å². The molecule has 0 fully saturated rings. The fraction of sp³-hybridized carbons (Fsp3) is 0.222. The molecule has 1 N–H and O–H groups in total. The van der Waals surface area contributed by atoms with Gasteiger partial charge in [-0.05, 0) is 35.7 Å². The highest BCUT2D eigenvalue weighted by atomic mass is 32.1. The van der Waals surface area contributed by atoms with E-state index < -0.39 is 23.9 Å². The number of hydrogen-bond donors (Lipinski definition) is 1. The number of thiophene rings is 1. The van der Waals surface area contributed by atoms with Crippen molar-refractivity contribution in [2.24, 2.45) is 0 Å². The van der Waals surface area contributed by atoms with Crippen molar-refractivity contribution >= 4 is 34.4 Å². The third kappa shape index (κ3) is 3.87. The van der Waals surface area contributed by atoms with Crippen LogP contribution in [-0.4, -0.2) is 48.4 Å². The highest BCUT2D eigenvalue weighted by Gasteiger charge is 2.42. The lowest BCUT2D eigenvalue weighted by atomic mass is 10.2. The predicted molar refractivity (Wildman–Crippen MR) is 96.6 cm³/mol. The molecule has 2 amide bonds. The highest BCUT2D eigenvalue weighted by molar-refractivity contribution is 7.11. The molecule has 2 aromatic rings. The summed E-state index contributed by atoms with van der Waals surface area (Å²) < 4.78 is 40.8. The summed E-state index contributed by atoms with van der Waals surface area (Å²) in [6, 6.07) is 7.91. The second-order valence-electron chi connectivity index (χ2n) is 5.83. The topological polar surface area (TPSA) is 70.1 Å². The Hall–Kier alpha value is -2.85. The molecule has 1 aromatic carbocycles. The molecule has 0 spiro atoms. The summed E-state index contributed by atoms with van der Waals surface area (Å²) in [5.41, 5.74) is 0.426. The first-order valence-electron chi connectivity index (χ1n) is 8.07. The smallest absolute Gasteiger partial charge is 0.406 e. The molecule has 3 rings (SSSR count). The van der Waals surface area contributed by atoms with Gasteiger partial charge in [-0.3, -0.25) is 9.59 Å². The average molecular weight is 412 g/mol. The lowest BCUT2D eigenvalue weighted by Gasteiger charge is -2.20. The van der Waals surface area contributed by atoms with Crippen molar-refractivity contribution in [1.82, 2.24) is 4.90 Å². The van der Waals surface area contributed by atoms with Gasteiger partial charge in [0.25, 0.3) is 11.8 Å². The molecule has 2 heterocycles. The van der Waals surface area contributed by atoms with Crippen LogP contribution in [0.15, 0.2) is 47.5 Å². The van der Waals surface area contributed by atoms with E-state index in [1.165, 1.54) is 28.4 Å². The van der Waals surface area contributed by atoms with Crippen LogP contribution in [0.25, 0.3) is 5.57 Å². The number of nitrogens with zero attached hydrogens (tertiary/aromatic N) is 2. The fourth-order valence-corrected chi connectivity index (χ4v) is 3.57. The number of alkyl halides is 3. The normalized spacial score (nSPS) is 14.8. The molecule has 0 aliphatic carbocycles.